The summed E-state index contributed by atoms with van der Waals surface area (Å²) in [7, 11) is 3.10. The highest BCUT2D eigenvalue weighted by atomic mass is 35.5. The number of aromatic nitrogens is 1. The quantitative estimate of drug-likeness (QED) is 0.573. The number of halogens is 1. The summed E-state index contributed by atoms with van der Waals surface area (Å²) >= 11 is 7.19. The van der Waals surface area contributed by atoms with E-state index in [4.69, 9.17) is 25.5 Å². The number of carbonyl (C=O) groups excluding carboxylic acids is 1. The second kappa shape index (κ2) is 8.83. The predicted molar refractivity (Wildman–Crippen MR) is 106 cm³/mol. The maximum atomic E-state index is 12.2. The summed E-state index contributed by atoms with van der Waals surface area (Å²) in [4.78, 5) is 16.4. The first-order valence-corrected chi connectivity index (χ1v) is 9.31. The van der Waals surface area contributed by atoms with Crippen molar-refractivity contribution in [3.63, 3.8) is 0 Å². The van der Waals surface area contributed by atoms with E-state index in [-0.39, 0.29) is 11.7 Å². The Morgan fingerprint density at radius 3 is 2.59 bits per heavy atom. The van der Waals surface area contributed by atoms with Crippen LogP contribution >= 0.6 is 23.4 Å². The summed E-state index contributed by atoms with van der Waals surface area (Å²) < 4.78 is 16.1. The van der Waals surface area contributed by atoms with E-state index in [1.165, 1.54) is 11.8 Å². The van der Waals surface area contributed by atoms with E-state index in [9.17, 15) is 4.79 Å². The molecule has 1 N–H and O–H groups in total. The molecule has 140 valence electrons. The van der Waals surface area contributed by atoms with E-state index in [1.54, 1.807) is 50.7 Å². The highest BCUT2D eigenvalue weighted by Gasteiger charge is 2.11. The monoisotopic (exact) mass is 404 g/mol. The average Bonchev–Trinajstić information content (AvgIpc) is 3.15. The van der Waals surface area contributed by atoms with Gasteiger partial charge in [0.2, 0.25) is 5.91 Å². The molecule has 0 aliphatic rings. The maximum Gasteiger partial charge on any atom is 0.256 e. The minimum atomic E-state index is -0.196. The molecule has 8 heteroatoms. The van der Waals surface area contributed by atoms with Crippen LogP contribution in [0.2, 0.25) is 5.02 Å². The number of amides is 1. The SMILES string of the molecule is COc1cc(NC(=O)CSc2ncc(-c3cccc(Cl)c3)o2)cc(OC)c1. The fourth-order valence-electron chi connectivity index (χ4n) is 2.30. The van der Waals surface area contributed by atoms with Crippen molar-refractivity contribution in [2.24, 2.45) is 0 Å². The Bertz CT molecular complexity index is 923. The summed E-state index contributed by atoms with van der Waals surface area (Å²) in [6, 6.07) is 12.5. The number of nitrogens with zero attached hydrogens (tertiary/aromatic N) is 1. The molecule has 1 heterocycles. The molecule has 3 rings (SSSR count). The molecule has 0 atom stereocenters. The van der Waals surface area contributed by atoms with Crippen molar-refractivity contribution < 1.29 is 18.7 Å². The molecule has 3 aromatic rings. The lowest BCUT2D eigenvalue weighted by Crippen LogP contribution is -2.14. The number of thioether (sulfide) groups is 1. The minimum Gasteiger partial charge on any atom is -0.497 e. The first-order chi connectivity index (χ1) is 13.1. The standard InChI is InChI=1S/C19H17ClN2O4S/c1-24-15-7-14(8-16(9-15)25-2)22-18(23)11-27-19-21-10-17(26-19)12-4-3-5-13(20)6-12/h3-10H,11H2,1-2H3,(H,22,23). The Kier molecular flexibility index (Phi) is 6.26. The van der Waals surface area contributed by atoms with Crippen molar-refractivity contribution in [1.29, 1.82) is 0 Å². The Labute approximate surface area is 165 Å². The first kappa shape index (κ1) is 19.1. The number of anilines is 1. The third-order valence-electron chi connectivity index (χ3n) is 3.56. The van der Waals surface area contributed by atoms with Gasteiger partial charge in [0.15, 0.2) is 5.76 Å². The average molecular weight is 405 g/mol. The molecular formula is C19H17ClN2O4S. The fraction of sp³-hybridized carbons (Fsp3) is 0.158. The minimum absolute atomic E-state index is 0.148. The topological polar surface area (TPSA) is 73.6 Å². The molecule has 0 unspecified atom stereocenters. The number of rotatable bonds is 7. The Balaban J connectivity index is 1.60. The number of carbonyl (C=O) groups is 1. The van der Waals surface area contributed by atoms with E-state index in [0.717, 1.165) is 5.56 Å². The molecule has 0 aliphatic carbocycles. The predicted octanol–water partition coefficient (Wildman–Crippen LogP) is 4.74. The second-order valence-electron chi connectivity index (χ2n) is 5.44. The molecule has 0 fully saturated rings. The lowest BCUT2D eigenvalue weighted by Gasteiger charge is -2.09. The van der Waals surface area contributed by atoms with Gasteiger partial charge in [-0.25, -0.2) is 4.98 Å². The molecule has 2 aromatic carbocycles. The van der Waals surface area contributed by atoms with Crippen LogP contribution in [0, 0.1) is 0 Å². The van der Waals surface area contributed by atoms with Gasteiger partial charge in [-0.05, 0) is 12.1 Å². The lowest BCUT2D eigenvalue weighted by atomic mass is 10.2. The van der Waals surface area contributed by atoms with Gasteiger partial charge in [0, 0.05) is 34.5 Å². The van der Waals surface area contributed by atoms with E-state index in [1.807, 2.05) is 12.1 Å². The maximum absolute atomic E-state index is 12.2. The van der Waals surface area contributed by atoms with Crippen LogP contribution in [0.4, 0.5) is 5.69 Å². The van der Waals surface area contributed by atoms with Crippen molar-refractivity contribution in [3.05, 3.63) is 53.7 Å². The third-order valence-corrected chi connectivity index (χ3v) is 4.63. The van der Waals surface area contributed by atoms with E-state index >= 15 is 0 Å². The number of ether oxygens (including phenoxy) is 2. The van der Waals surface area contributed by atoms with Crippen LogP contribution in [0.3, 0.4) is 0 Å². The van der Waals surface area contributed by atoms with Gasteiger partial charge in [0.05, 0.1) is 26.2 Å². The molecule has 1 amide bonds. The van der Waals surface area contributed by atoms with E-state index in [2.05, 4.69) is 10.3 Å². The molecule has 1 aromatic heterocycles. The normalized spacial score (nSPS) is 10.5. The molecule has 0 aliphatic heterocycles. The summed E-state index contributed by atoms with van der Waals surface area (Å²) in [6.45, 7) is 0. The van der Waals surface area contributed by atoms with Crippen molar-refractivity contribution in [3.8, 4) is 22.8 Å². The van der Waals surface area contributed by atoms with Crippen LogP contribution < -0.4 is 14.8 Å². The Morgan fingerprint density at radius 1 is 1.19 bits per heavy atom. The smallest absolute Gasteiger partial charge is 0.256 e. The van der Waals surface area contributed by atoms with Gasteiger partial charge < -0.3 is 19.2 Å². The van der Waals surface area contributed by atoms with Gasteiger partial charge >= 0.3 is 0 Å². The zero-order valence-corrected chi connectivity index (χ0v) is 16.3. The van der Waals surface area contributed by atoms with Gasteiger partial charge in [0.1, 0.15) is 11.5 Å². The Hall–Kier alpha value is -2.64. The van der Waals surface area contributed by atoms with Crippen LogP contribution in [0.1, 0.15) is 0 Å². The van der Waals surface area contributed by atoms with Crippen LogP contribution in [-0.2, 0) is 4.79 Å². The largest absolute Gasteiger partial charge is 0.497 e. The molecule has 0 saturated heterocycles. The van der Waals surface area contributed by atoms with Gasteiger partial charge in [-0.1, -0.05) is 35.5 Å². The Morgan fingerprint density at radius 2 is 1.93 bits per heavy atom. The number of benzene rings is 2. The summed E-state index contributed by atoms with van der Waals surface area (Å²) in [5.41, 5.74) is 1.42. The lowest BCUT2D eigenvalue weighted by molar-refractivity contribution is -0.113. The molecule has 6 nitrogen and oxygen atoms in total. The second-order valence-corrected chi connectivity index (χ2v) is 6.80. The number of hydrogen-bond donors (Lipinski definition) is 1. The molecule has 0 radical (unpaired) electrons. The number of nitrogens with one attached hydrogen (secondary N) is 1. The van der Waals surface area contributed by atoms with Crippen LogP contribution in [-0.4, -0.2) is 30.9 Å². The highest BCUT2D eigenvalue weighted by molar-refractivity contribution is 7.99. The number of hydrogen-bond acceptors (Lipinski definition) is 6. The van der Waals surface area contributed by atoms with Crippen LogP contribution in [0.15, 0.2) is 58.3 Å². The third kappa shape index (κ3) is 5.18. The number of methoxy groups -OCH3 is 2. The fourth-order valence-corrected chi connectivity index (χ4v) is 3.10. The first-order valence-electron chi connectivity index (χ1n) is 7.95. The zero-order chi connectivity index (χ0) is 19.2. The number of oxazole rings is 1. The molecule has 0 spiro atoms. The van der Waals surface area contributed by atoms with Crippen molar-refractivity contribution in [2.45, 2.75) is 5.22 Å². The molecule has 0 bridgehead atoms. The molecule has 0 saturated carbocycles. The molecule has 27 heavy (non-hydrogen) atoms. The van der Waals surface area contributed by atoms with Crippen LogP contribution in [0.5, 0.6) is 11.5 Å². The van der Waals surface area contributed by atoms with Gasteiger partial charge in [-0.15, -0.1) is 0 Å². The summed E-state index contributed by atoms with van der Waals surface area (Å²) in [6.07, 6.45) is 1.61. The van der Waals surface area contributed by atoms with Crippen LogP contribution in [0.25, 0.3) is 11.3 Å². The van der Waals surface area contributed by atoms with Crippen molar-refractivity contribution in [2.75, 3.05) is 25.3 Å². The van der Waals surface area contributed by atoms with E-state index < -0.39 is 0 Å². The van der Waals surface area contributed by atoms with Gasteiger partial charge in [-0.3, -0.25) is 4.79 Å². The zero-order valence-electron chi connectivity index (χ0n) is 14.7. The molecular weight excluding hydrogens is 388 g/mol. The summed E-state index contributed by atoms with van der Waals surface area (Å²) in [5.74, 6) is 1.73. The highest BCUT2D eigenvalue weighted by Crippen LogP contribution is 2.28. The van der Waals surface area contributed by atoms with Crippen molar-refractivity contribution in [1.82, 2.24) is 4.98 Å². The van der Waals surface area contributed by atoms with Gasteiger partial charge in [0.25, 0.3) is 5.22 Å². The van der Waals surface area contributed by atoms with E-state index in [0.29, 0.717) is 33.2 Å². The van der Waals surface area contributed by atoms with Crippen molar-refractivity contribution >= 4 is 35.0 Å². The van der Waals surface area contributed by atoms with Gasteiger partial charge in [-0.2, -0.15) is 0 Å². The summed E-state index contributed by atoms with van der Waals surface area (Å²) in [5, 5.41) is 3.82.